The fourth-order valence-electron chi connectivity index (χ4n) is 14.9. The Balaban J connectivity index is 1.04. The second kappa shape index (κ2) is 10.5. The summed E-state index contributed by atoms with van der Waals surface area (Å²) in [6, 6.07) is 60.2. The number of benzene rings is 7. The summed E-state index contributed by atoms with van der Waals surface area (Å²) in [5.41, 5.74) is 18.8. The van der Waals surface area contributed by atoms with Crippen molar-refractivity contribution in [2.45, 2.75) is 56.8 Å². The van der Waals surface area contributed by atoms with Crippen LogP contribution < -0.4 is 25.6 Å². The fraction of sp³-hybridized carbons (Fsp3) is 0.236. The molecule has 1 nitrogen and oxygen atoms in total. The maximum Gasteiger partial charge on any atom is 0.182 e. The Kier molecular flexibility index (Phi) is 5.84. The van der Waals surface area contributed by atoms with Crippen LogP contribution in [0.3, 0.4) is 0 Å². The van der Waals surface area contributed by atoms with E-state index in [9.17, 15) is 0 Å². The van der Waals surface area contributed by atoms with Crippen molar-refractivity contribution in [2.24, 2.45) is 23.7 Å². The Morgan fingerprint density at radius 1 is 0.421 bits per heavy atom. The van der Waals surface area contributed by atoms with Crippen LogP contribution in [0.25, 0.3) is 33.4 Å². The van der Waals surface area contributed by atoms with Crippen molar-refractivity contribution in [2.75, 3.05) is 4.90 Å². The van der Waals surface area contributed by atoms with Crippen LogP contribution in [0.4, 0.5) is 17.1 Å². The van der Waals surface area contributed by atoms with Gasteiger partial charge in [-0.05, 0) is 162 Å². The quantitative estimate of drug-likeness (QED) is 0.151. The molecule has 2 spiro atoms. The van der Waals surface area contributed by atoms with E-state index in [1.54, 1.807) is 31.9 Å². The van der Waals surface area contributed by atoms with E-state index in [4.69, 9.17) is 0 Å². The molecule has 2 heteroatoms. The molecule has 15 rings (SSSR count). The van der Waals surface area contributed by atoms with E-state index in [1.807, 2.05) is 0 Å². The van der Waals surface area contributed by atoms with Gasteiger partial charge in [-0.1, -0.05) is 135 Å². The molecule has 4 saturated carbocycles. The number of para-hydroxylation sites is 2. The Labute approximate surface area is 337 Å². The maximum atomic E-state index is 2.68. The highest BCUT2D eigenvalue weighted by Gasteiger charge is 2.62. The summed E-state index contributed by atoms with van der Waals surface area (Å²) in [6.45, 7) is 4.85. The van der Waals surface area contributed by atoms with Gasteiger partial charge in [0.05, 0.1) is 11.4 Å². The second-order valence-electron chi connectivity index (χ2n) is 19.2. The van der Waals surface area contributed by atoms with Crippen molar-refractivity contribution in [1.82, 2.24) is 0 Å². The van der Waals surface area contributed by atoms with Crippen LogP contribution in [0.5, 0.6) is 0 Å². The van der Waals surface area contributed by atoms with Crippen LogP contribution in [0.1, 0.15) is 68.2 Å². The molecule has 5 aliphatic carbocycles. The predicted octanol–water partition coefficient (Wildman–Crippen LogP) is 10.9. The molecule has 7 aromatic carbocycles. The molecule has 1 atom stereocenters. The van der Waals surface area contributed by atoms with E-state index < -0.39 is 8.07 Å². The first-order valence-electron chi connectivity index (χ1n) is 21.6. The zero-order valence-electron chi connectivity index (χ0n) is 32.7. The van der Waals surface area contributed by atoms with Crippen molar-refractivity contribution in [3.63, 3.8) is 0 Å². The molecule has 0 N–H and O–H groups in total. The first-order valence-corrected chi connectivity index (χ1v) is 23.6. The molecule has 0 amide bonds. The lowest BCUT2D eigenvalue weighted by molar-refractivity contribution is -0.0419. The zero-order valence-corrected chi connectivity index (χ0v) is 33.7. The summed E-state index contributed by atoms with van der Waals surface area (Å²) < 4.78 is 0. The van der Waals surface area contributed by atoms with Gasteiger partial charge in [-0.2, -0.15) is 0 Å². The van der Waals surface area contributed by atoms with Gasteiger partial charge >= 0.3 is 0 Å². The Bertz CT molecular complexity index is 2850. The smallest absolute Gasteiger partial charge is 0.182 e. The summed E-state index contributed by atoms with van der Waals surface area (Å²) in [6.07, 6.45) is 7.05. The molecule has 1 unspecified atom stereocenters. The fourth-order valence-corrected chi connectivity index (χ4v) is 20.5. The Morgan fingerprint density at radius 2 is 0.930 bits per heavy atom. The van der Waals surface area contributed by atoms with E-state index in [-0.39, 0.29) is 10.8 Å². The predicted molar refractivity (Wildman–Crippen MR) is 238 cm³/mol. The topological polar surface area (TPSA) is 3.24 Å². The van der Waals surface area contributed by atoms with Crippen molar-refractivity contribution < 1.29 is 0 Å². The first kappa shape index (κ1) is 31.6. The summed E-state index contributed by atoms with van der Waals surface area (Å²) >= 11 is 0. The summed E-state index contributed by atoms with van der Waals surface area (Å²) in [5, 5.41) is 6.19. The van der Waals surface area contributed by atoms with Crippen molar-refractivity contribution in [1.29, 1.82) is 0 Å². The SMILES string of the molecule is CC1(C)c2ccccc2-c2cc3c(cc21)-c1ccccc1[Si]31c2ccccc2-c2ccc(N3c4ccccc4C4(c5ccccc53)C3CC5CC(C3)CC4C5)cc21. The van der Waals surface area contributed by atoms with Gasteiger partial charge in [0.2, 0.25) is 0 Å². The van der Waals surface area contributed by atoms with E-state index in [0.29, 0.717) is 0 Å². The van der Waals surface area contributed by atoms with Gasteiger partial charge < -0.3 is 4.90 Å². The van der Waals surface area contributed by atoms with Gasteiger partial charge in [0, 0.05) is 16.5 Å². The average Bonchev–Trinajstić information content (AvgIpc) is 3.79. The average molecular weight is 748 g/mol. The van der Waals surface area contributed by atoms with Gasteiger partial charge in [-0.25, -0.2) is 0 Å². The minimum Gasteiger partial charge on any atom is -0.310 e. The first-order chi connectivity index (χ1) is 28.0. The minimum absolute atomic E-state index is 0.0461. The van der Waals surface area contributed by atoms with Crippen LogP contribution in [-0.4, -0.2) is 8.07 Å². The molecule has 8 aliphatic rings. The zero-order chi connectivity index (χ0) is 37.4. The molecular weight excluding hydrogens is 703 g/mol. The van der Waals surface area contributed by atoms with Crippen molar-refractivity contribution >= 4 is 45.9 Å². The van der Waals surface area contributed by atoms with Gasteiger partial charge in [0.15, 0.2) is 8.07 Å². The number of fused-ring (bicyclic) bond motifs is 15. The van der Waals surface area contributed by atoms with Crippen molar-refractivity contribution in [3.8, 4) is 33.4 Å². The van der Waals surface area contributed by atoms with Gasteiger partial charge in [-0.3, -0.25) is 0 Å². The molecule has 3 aliphatic heterocycles. The van der Waals surface area contributed by atoms with E-state index >= 15 is 0 Å². The Hall–Kier alpha value is -5.44. The number of anilines is 3. The molecule has 274 valence electrons. The molecular formula is C55H45NSi. The number of nitrogens with zero attached hydrogens (tertiary/aromatic N) is 1. The molecule has 0 saturated heterocycles. The highest BCUT2D eigenvalue weighted by Crippen LogP contribution is 2.69. The van der Waals surface area contributed by atoms with E-state index in [2.05, 4.69) is 170 Å². The number of rotatable bonds is 1. The number of hydrogen-bond donors (Lipinski definition) is 0. The lowest BCUT2D eigenvalue weighted by Crippen LogP contribution is -2.70. The third-order valence-corrected chi connectivity index (χ3v) is 21.6. The van der Waals surface area contributed by atoms with Crippen LogP contribution in [0, 0.1) is 23.7 Å². The lowest BCUT2D eigenvalue weighted by atomic mass is 9.41. The van der Waals surface area contributed by atoms with Crippen LogP contribution in [-0.2, 0) is 10.8 Å². The molecule has 0 aromatic heterocycles. The minimum atomic E-state index is -2.73. The third-order valence-electron chi connectivity index (χ3n) is 16.6. The van der Waals surface area contributed by atoms with Crippen LogP contribution >= 0.6 is 0 Å². The molecule has 4 fully saturated rings. The van der Waals surface area contributed by atoms with Crippen LogP contribution in [0.2, 0.25) is 0 Å². The van der Waals surface area contributed by atoms with E-state index in [0.717, 1.165) is 23.7 Å². The molecule has 3 heterocycles. The molecule has 4 bridgehead atoms. The van der Waals surface area contributed by atoms with Gasteiger partial charge in [0.1, 0.15) is 0 Å². The summed E-state index contributed by atoms with van der Waals surface area (Å²) in [7, 11) is -2.73. The summed E-state index contributed by atoms with van der Waals surface area (Å²) in [5.74, 6) is 3.30. The number of hydrogen-bond acceptors (Lipinski definition) is 1. The van der Waals surface area contributed by atoms with Crippen molar-refractivity contribution in [3.05, 3.63) is 174 Å². The monoisotopic (exact) mass is 747 g/mol. The highest BCUT2D eigenvalue weighted by atomic mass is 28.3. The molecule has 57 heavy (non-hydrogen) atoms. The van der Waals surface area contributed by atoms with E-state index in [1.165, 1.54) is 93.7 Å². The van der Waals surface area contributed by atoms with Gasteiger partial charge in [-0.15, -0.1) is 0 Å². The molecule has 0 radical (unpaired) electrons. The largest absolute Gasteiger partial charge is 0.310 e. The third kappa shape index (κ3) is 3.58. The Morgan fingerprint density at radius 3 is 1.58 bits per heavy atom. The normalized spacial score (nSPS) is 26.0. The maximum absolute atomic E-state index is 2.73. The summed E-state index contributed by atoms with van der Waals surface area (Å²) in [4.78, 5) is 2.68. The standard InChI is InChI=1S/C55H45NSi/c1-54(2)44-16-6-3-13-38(44)42-32-53-43(31-47(42)54)40-15-5-12-22-51(40)57(53)50-21-11-4-14-39(50)41-24-23-37(30-52(41)57)56-48-19-9-7-17-45(48)55(46-18-8-10-20-49(46)56)35-26-33-25-34(28-35)29-36(55)27-33/h3-24,30-36H,25-29H2,1-2H3. The van der Waals surface area contributed by atoms with Gasteiger partial charge in [0.25, 0.3) is 0 Å². The van der Waals surface area contributed by atoms with Crippen LogP contribution in [0.15, 0.2) is 152 Å². The molecule has 7 aromatic rings. The lowest BCUT2D eigenvalue weighted by Gasteiger charge is -2.64. The second-order valence-corrected chi connectivity index (χ2v) is 22.9. The highest BCUT2D eigenvalue weighted by molar-refractivity contribution is 7.24.